The van der Waals surface area contributed by atoms with E-state index < -0.39 is 24.0 Å². The summed E-state index contributed by atoms with van der Waals surface area (Å²) in [7, 11) is 0. The Bertz CT molecular complexity index is 961. The quantitative estimate of drug-likeness (QED) is 0.477. The number of halogens is 1. The van der Waals surface area contributed by atoms with Crippen molar-refractivity contribution in [1.82, 2.24) is 25.4 Å². The van der Waals surface area contributed by atoms with Gasteiger partial charge in [-0.2, -0.15) is 0 Å². The number of benzene rings is 1. The number of aromatic nitrogens is 3. The SMILES string of the molecule is Cc1ccc(-n2cnnc2SCC(=O)OC(C)C(=O)NC(=O)NC2CCCC2)cc1Cl. The van der Waals surface area contributed by atoms with Crippen LogP contribution in [-0.2, 0) is 14.3 Å². The van der Waals surface area contributed by atoms with Crippen LogP contribution in [0.1, 0.15) is 38.2 Å². The third kappa shape index (κ3) is 6.44. The number of aryl methyl sites for hydroxylation is 1. The van der Waals surface area contributed by atoms with Crippen LogP contribution in [0.25, 0.3) is 5.69 Å². The van der Waals surface area contributed by atoms with E-state index in [2.05, 4.69) is 20.8 Å². The van der Waals surface area contributed by atoms with Gasteiger partial charge in [-0.3, -0.25) is 19.5 Å². The van der Waals surface area contributed by atoms with E-state index in [-0.39, 0.29) is 11.8 Å². The zero-order valence-corrected chi connectivity index (χ0v) is 18.8. The molecule has 1 atom stereocenters. The molecule has 2 aromatic rings. The molecule has 2 N–H and O–H groups in total. The van der Waals surface area contributed by atoms with Crippen LogP contribution in [-0.4, -0.2) is 50.6 Å². The second-order valence-corrected chi connectivity index (χ2v) is 8.63. The van der Waals surface area contributed by atoms with E-state index in [1.165, 1.54) is 13.3 Å². The van der Waals surface area contributed by atoms with Gasteiger partial charge in [0.1, 0.15) is 6.33 Å². The first-order valence-electron chi connectivity index (χ1n) is 9.93. The molecule has 1 saturated carbocycles. The highest BCUT2D eigenvalue weighted by Crippen LogP contribution is 2.24. The molecule has 0 saturated heterocycles. The predicted octanol–water partition coefficient (Wildman–Crippen LogP) is 3.02. The minimum atomic E-state index is -1.10. The van der Waals surface area contributed by atoms with E-state index in [0.29, 0.717) is 10.2 Å². The topological polar surface area (TPSA) is 115 Å². The number of urea groups is 1. The standard InChI is InChI=1S/C20H24ClN5O4S/c1-12-7-8-15(9-16(12)21)26-11-22-25-20(26)31-10-17(27)30-13(2)18(28)24-19(29)23-14-5-3-4-6-14/h7-9,11,13-14H,3-6,10H2,1-2H3,(H2,23,24,28,29). The van der Waals surface area contributed by atoms with Crippen LogP contribution in [0.3, 0.4) is 0 Å². The number of esters is 1. The largest absolute Gasteiger partial charge is 0.452 e. The van der Waals surface area contributed by atoms with Gasteiger partial charge in [0.2, 0.25) is 0 Å². The van der Waals surface area contributed by atoms with Gasteiger partial charge in [0.05, 0.1) is 11.4 Å². The maximum absolute atomic E-state index is 12.2. The first-order chi connectivity index (χ1) is 14.8. The van der Waals surface area contributed by atoms with Crippen LogP contribution < -0.4 is 10.6 Å². The fourth-order valence-corrected chi connectivity index (χ4v) is 4.03. The zero-order valence-electron chi connectivity index (χ0n) is 17.3. The Morgan fingerprint density at radius 3 is 2.77 bits per heavy atom. The molecule has 1 unspecified atom stereocenters. The lowest BCUT2D eigenvalue weighted by atomic mass is 10.2. The van der Waals surface area contributed by atoms with Gasteiger partial charge < -0.3 is 10.1 Å². The Balaban J connectivity index is 1.47. The number of carbonyl (C=O) groups excluding carboxylic acids is 3. The first-order valence-corrected chi connectivity index (χ1v) is 11.3. The van der Waals surface area contributed by atoms with Gasteiger partial charge in [0.15, 0.2) is 11.3 Å². The summed E-state index contributed by atoms with van der Waals surface area (Å²) in [5.41, 5.74) is 1.71. The summed E-state index contributed by atoms with van der Waals surface area (Å²) in [4.78, 5) is 36.1. The Morgan fingerprint density at radius 2 is 2.06 bits per heavy atom. The van der Waals surface area contributed by atoms with Crippen molar-refractivity contribution in [3.63, 3.8) is 0 Å². The molecule has 1 fully saturated rings. The number of nitrogens with zero attached hydrogens (tertiary/aromatic N) is 3. The Hall–Kier alpha value is -2.59. The van der Waals surface area contributed by atoms with Crippen molar-refractivity contribution in [2.24, 2.45) is 0 Å². The molecule has 0 aliphatic heterocycles. The van der Waals surface area contributed by atoms with Crippen molar-refractivity contribution < 1.29 is 19.1 Å². The van der Waals surface area contributed by atoms with Crippen LogP contribution in [0.15, 0.2) is 29.7 Å². The van der Waals surface area contributed by atoms with Gasteiger partial charge in [0, 0.05) is 11.1 Å². The summed E-state index contributed by atoms with van der Waals surface area (Å²) >= 11 is 7.30. The molecule has 1 heterocycles. The lowest BCUT2D eigenvalue weighted by Gasteiger charge is -2.15. The minimum absolute atomic E-state index is 0.0792. The lowest BCUT2D eigenvalue weighted by molar-refractivity contribution is -0.151. The summed E-state index contributed by atoms with van der Waals surface area (Å²) in [5, 5.41) is 13.9. The fourth-order valence-electron chi connectivity index (χ4n) is 3.14. The molecule has 1 aromatic heterocycles. The molecular formula is C20H24ClN5O4S. The Labute approximate surface area is 189 Å². The third-order valence-corrected chi connectivity index (χ3v) is 6.20. The summed E-state index contributed by atoms with van der Waals surface area (Å²) in [5.74, 6) is -1.36. The number of hydrogen-bond acceptors (Lipinski definition) is 7. The summed E-state index contributed by atoms with van der Waals surface area (Å²) in [6.45, 7) is 3.32. The van der Waals surface area contributed by atoms with Crippen LogP contribution >= 0.6 is 23.4 Å². The van der Waals surface area contributed by atoms with E-state index in [1.807, 2.05) is 19.1 Å². The minimum Gasteiger partial charge on any atom is -0.452 e. The highest BCUT2D eigenvalue weighted by Gasteiger charge is 2.23. The van der Waals surface area contributed by atoms with E-state index in [9.17, 15) is 14.4 Å². The Kier molecular flexibility index (Phi) is 7.91. The first kappa shape index (κ1) is 23.1. The lowest BCUT2D eigenvalue weighted by Crippen LogP contribution is -2.47. The smallest absolute Gasteiger partial charge is 0.321 e. The molecule has 1 aliphatic carbocycles. The Morgan fingerprint density at radius 1 is 1.32 bits per heavy atom. The summed E-state index contributed by atoms with van der Waals surface area (Å²) < 4.78 is 6.83. The molecule has 3 rings (SSSR count). The highest BCUT2D eigenvalue weighted by atomic mass is 35.5. The summed E-state index contributed by atoms with van der Waals surface area (Å²) in [6.07, 6.45) is 4.36. The van der Waals surface area contributed by atoms with Gasteiger partial charge in [-0.1, -0.05) is 42.3 Å². The third-order valence-electron chi connectivity index (χ3n) is 4.87. The van der Waals surface area contributed by atoms with Crippen molar-refractivity contribution in [3.8, 4) is 5.69 Å². The highest BCUT2D eigenvalue weighted by molar-refractivity contribution is 7.99. The maximum atomic E-state index is 12.2. The molecule has 1 aliphatic rings. The number of carbonyl (C=O) groups is 3. The average Bonchev–Trinajstić information content (AvgIpc) is 3.40. The second kappa shape index (κ2) is 10.6. The molecule has 0 bridgehead atoms. The molecule has 31 heavy (non-hydrogen) atoms. The number of hydrogen-bond donors (Lipinski definition) is 2. The predicted molar refractivity (Wildman–Crippen MR) is 116 cm³/mol. The van der Waals surface area contributed by atoms with Crippen LogP contribution in [0.5, 0.6) is 0 Å². The number of nitrogens with one attached hydrogen (secondary N) is 2. The van der Waals surface area contributed by atoms with Crippen molar-refractivity contribution in [3.05, 3.63) is 35.1 Å². The summed E-state index contributed by atoms with van der Waals surface area (Å²) in [6, 6.07) is 5.05. The normalized spacial score (nSPS) is 14.8. The fraction of sp³-hybridized carbons (Fsp3) is 0.450. The van der Waals surface area contributed by atoms with Crippen LogP contribution in [0.4, 0.5) is 4.79 Å². The van der Waals surface area contributed by atoms with Crippen molar-refractivity contribution >= 4 is 41.3 Å². The van der Waals surface area contributed by atoms with Gasteiger partial charge in [-0.25, -0.2) is 4.79 Å². The molecule has 1 aromatic carbocycles. The molecule has 0 spiro atoms. The molecule has 0 radical (unpaired) electrons. The number of thioether (sulfide) groups is 1. The number of amides is 3. The maximum Gasteiger partial charge on any atom is 0.321 e. The average molecular weight is 466 g/mol. The molecule has 11 heteroatoms. The zero-order chi connectivity index (χ0) is 22.4. The van der Waals surface area contributed by atoms with Crippen LogP contribution in [0.2, 0.25) is 5.02 Å². The van der Waals surface area contributed by atoms with Gasteiger partial charge in [-0.15, -0.1) is 10.2 Å². The van der Waals surface area contributed by atoms with E-state index in [1.54, 1.807) is 10.6 Å². The van der Waals surface area contributed by atoms with Crippen LogP contribution in [0, 0.1) is 6.92 Å². The molecule has 3 amide bonds. The number of imide groups is 1. The molecule has 166 valence electrons. The van der Waals surface area contributed by atoms with Gasteiger partial charge in [0.25, 0.3) is 5.91 Å². The number of ether oxygens (including phenoxy) is 1. The van der Waals surface area contributed by atoms with Crippen molar-refractivity contribution in [2.45, 2.75) is 56.8 Å². The van der Waals surface area contributed by atoms with Crippen molar-refractivity contribution in [2.75, 3.05) is 5.75 Å². The van der Waals surface area contributed by atoms with E-state index in [0.717, 1.165) is 48.7 Å². The molecule has 9 nitrogen and oxygen atoms in total. The monoisotopic (exact) mass is 465 g/mol. The van der Waals surface area contributed by atoms with Crippen molar-refractivity contribution in [1.29, 1.82) is 0 Å². The van der Waals surface area contributed by atoms with Gasteiger partial charge >= 0.3 is 12.0 Å². The van der Waals surface area contributed by atoms with E-state index in [4.69, 9.17) is 16.3 Å². The molecular weight excluding hydrogens is 442 g/mol. The van der Waals surface area contributed by atoms with E-state index >= 15 is 0 Å². The number of rotatable bonds is 7. The van der Waals surface area contributed by atoms with Gasteiger partial charge in [-0.05, 0) is 44.4 Å². The second-order valence-electron chi connectivity index (χ2n) is 7.28.